The summed E-state index contributed by atoms with van der Waals surface area (Å²) in [6.45, 7) is 0.618. The number of carbonyl (C=O) groups is 1. The zero-order valence-corrected chi connectivity index (χ0v) is 14.2. The summed E-state index contributed by atoms with van der Waals surface area (Å²) in [5, 5.41) is 5.95. The highest BCUT2D eigenvalue weighted by Crippen LogP contribution is 2.22. The molecule has 3 aromatic rings. The van der Waals surface area contributed by atoms with Crippen LogP contribution in [-0.4, -0.2) is 17.4 Å². The SMILES string of the molecule is O=C(NCCc1nc2ccccc2s1)c1sccc1I. The fraction of sp³-hybridized carbons (Fsp3) is 0.143. The van der Waals surface area contributed by atoms with Crippen molar-refractivity contribution < 1.29 is 4.79 Å². The minimum atomic E-state index is 0.00510. The van der Waals surface area contributed by atoms with Gasteiger partial charge >= 0.3 is 0 Å². The fourth-order valence-corrected chi connectivity index (χ4v) is 4.56. The van der Waals surface area contributed by atoms with Gasteiger partial charge in [-0.05, 0) is 46.2 Å². The molecule has 1 aromatic carbocycles. The number of fused-ring (bicyclic) bond motifs is 1. The molecule has 6 heteroatoms. The molecule has 0 saturated heterocycles. The molecule has 1 N–H and O–H groups in total. The number of rotatable bonds is 4. The van der Waals surface area contributed by atoms with E-state index < -0.39 is 0 Å². The number of thiophene rings is 1. The van der Waals surface area contributed by atoms with Crippen LogP contribution in [0, 0.1) is 3.57 Å². The first-order valence-corrected chi connectivity index (χ1v) is 8.87. The first kappa shape index (κ1) is 14.0. The molecule has 0 bridgehead atoms. The Bertz CT molecular complexity index is 717. The summed E-state index contributed by atoms with van der Waals surface area (Å²) >= 11 is 5.35. The van der Waals surface area contributed by atoms with Gasteiger partial charge in [0.1, 0.15) is 4.88 Å². The Hall–Kier alpha value is -0.990. The molecule has 0 aliphatic heterocycles. The maximum absolute atomic E-state index is 12.0. The lowest BCUT2D eigenvalue weighted by atomic mass is 10.3. The molecular formula is C14H11IN2OS2. The van der Waals surface area contributed by atoms with Crippen molar-refractivity contribution in [1.29, 1.82) is 0 Å². The highest BCUT2D eigenvalue weighted by molar-refractivity contribution is 14.1. The summed E-state index contributed by atoms with van der Waals surface area (Å²) in [7, 11) is 0. The average Bonchev–Trinajstić information content (AvgIpc) is 3.04. The molecular weight excluding hydrogens is 403 g/mol. The molecule has 1 amide bonds. The van der Waals surface area contributed by atoms with Gasteiger partial charge in [-0.3, -0.25) is 4.79 Å². The Labute approximate surface area is 138 Å². The van der Waals surface area contributed by atoms with E-state index in [9.17, 15) is 4.79 Å². The minimum Gasteiger partial charge on any atom is -0.351 e. The van der Waals surface area contributed by atoms with Crippen molar-refractivity contribution in [3.05, 3.63) is 49.2 Å². The number of nitrogens with one attached hydrogen (secondary N) is 1. The van der Waals surface area contributed by atoms with Gasteiger partial charge in [0.2, 0.25) is 0 Å². The highest BCUT2D eigenvalue weighted by Gasteiger charge is 2.11. The zero-order valence-electron chi connectivity index (χ0n) is 10.4. The summed E-state index contributed by atoms with van der Waals surface area (Å²) in [6, 6.07) is 10.1. The number of thiazole rings is 1. The van der Waals surface area contributed by atoms with Gasteiger partial charge in [-0.15, -0.1) is 22.7 Å². The molecule has 3 nitrogen and oxygen atoms in total. The number of hydrogen-bond acceptors (Lipinski definition) is 4. The first-order chi connectivity index (χ1) is 9.74. The smallest absolute Gasteiger partial charge is 0.262 e. The molecule has 2 heterocycles. The molecule has 0 spiro atoms. The molecule has 0 fully saturated rings. The van der Waals surface area contributed by atoms with Gasteiger partial charge in [-0.25, -0.2) is 4.98 Å². The third-order valence-electron chi connectivity index (χ3n) is 2.79. The molecule has 0 atom stereocenters. The molecule has 0 unspecified atom stereocenters. The fourth-order valence-electron chi connectivity index (χ4n) is 1.85. The van der Waals surface area contributed by atoms with Gasteiger partial charge in [0.15, 0.2) is 0 Å². The molecule has 0 aliphatic rings. The lowest BCUT2D eigenvalue weighted by molar-refractivity contribution is 0.0957. The third-order valence-corrected chi connectivity index (χ3v) is 6.06. The predicted octanol–water partition coefficient (Wildman–Crippen LogP) is 3.93. The van der Waals surface area contributed by atoms with Gasteiger partial charge in [-0.1, -0.05) is 12.1 Å². The van der Waals surface area contributed by atoms with E-state index in [0.717, 1.165) is 25.4 Å². The number of nitrogens with zero attached hydrogens (tertiary/aromatic N) is 1. The second kappa shape index (κ2) is 6.19. The lowest BCUT2D eigenvalue weighted by Crippen LogP contribution is -2.25. The van der Waals surface area contributed by atoms with Crippen molar-refractivity contribution in [2.45, 2.75) is 6.42 Å². The van der Waals surface area contributed by atoms with Crippen LogP contribution < -0.4 is 5.32 Å². The zero-order chi connectivity index (χ0) is 13.9. The normalized spacial score (nSPS) is 10.8. The summed E-state index contributed by atoms with van der Waals surface area (Å²) in [5.41, 5.74) is 1.03. The number of amides is 1. The first-order valence-electron chi connectivity index (χ1n) is 6.09. The van der Waals surface area contributed by atoms with Crippen molar-refractivity contribution in [1.82, 2.24) is 10.3 Å². The van der Waals surface area contributed by atoms with Gasteiger partial charge in [0, 0.05) is 16.5 Å². The Morgan fingerprint density at radius 3 is 2.90 bits per heavy atom. The summed E-state index contributed by atoms with van der Waals surface area (Å²) in [6.07, 6.45) is 0.771. The Balaban J connectivity index is 1.60. The predicted molar refractivity (Wildman–Crippen MR) is 92.7 cm³/mol. The second-order valence-corrected chi connectivity index (χ2v) is 7.37. The van der Waals surface area contributed by atoms with Gasteiger partial charge in [-0.2, -0.15) is 0 Å². The molecule has 2 aromatic heterocycles. The van der Waals surface area contributed by atoms with E-state index in [1.807, 2.05) is 29.6 Å². The molecule has 3 rings (SSSR count). The van der Waals surface area contributed by atoms with Crippen LogP contribution >= 0.6 is 45.3 Å². The van der Waals surface area contributed by atoms with Crippen LogP contribution in [0.5, 0.6) is 0 Å². The van der Waals surface area contributed by atoms with Gasteiger partial charge in [0.25, 0.3) is 5.91 Å². The molecule has 20 heavy (non-hydrogen) atoms. The summed E-state index contributed by atoms with van der Waals surface area (Å²) < 4.78 is 2.20. The lowest BCUT2D eigenvalue weighted by Gasteiger charge is -2.02. The molecule has 102 valence electrons. The van der Waals surface area contributed by atoms with E-state index in [2.05, 4.69) is 39.0 Å². The summed E-state index contributed by atoms with van der Waals surface area (Å²) in [5.74, 6) is 0.00510. The highest BCUT2D eigenvalue weighted by atomic mass is 127. The van der Waals surface area contributed by atoms with E-state index in [-0.39, 0.29) is 5.91 Å². The number of carbonyl (C=O) groups excluding carboxylic acids is 1. The van der Waals surface area contributed by atoms with Crippen LogP contribution in [0.25, 0.3) is 10.2 Å². The van der Waals surface area contributed by atoms with Crippen LogP contribution in [0.2, 0.25) is 0 Å². The Morgan fingerprint density at radius 1 is 1.30 bits per heavy atom. The van der Waals surface area contributed by atoms with Crippen molar-refractivity contribution in [3.8, 4) is 0 Å². The van der Waals surface area contributed by atoms with Crippen LogP contribution in [0.15, 0.2) is 35.7 Å². The van der Waals surface area contributed by atoms with E-state index in [4.69, 9.17) is 0 Å². The van der Waals surface area contributed by atoms with Crippen molar-refractivity contribution in [2.75, 3.05) is 6.54 Å². The van der Waals surface area contributed by atoms with Crippen molar-refractivity contribution in [2.24, 2.45) is 0 Å². The summed E-state index contributed by atoms with van der Waals surface area (Å²) in [4.78, 5) is 17.3. The van der Waals surface area contributed by atoms with Crippen LogP contribution in [0.4, 0.5) is 0 Å². The van der Waals surface area contributed by atoms with E-state index in [1.54, 1.807) is 11.3 Å². The monoisotopic (exact) mass is 414 g/mol. The van der Waals surface area contributed by atoms with E-state index in [1.165, 1.54) is 16.0 Å². The van der Waals surface area contributed by atoms with Crippen LogP contribution in [0.3, 0.4) is 0 Å². The van der Waals surface area contributed by atoms with E-state index in [0.29, 0.717) is 6.54 Å². The molecule has 0 aliphatic carbocycles. The topological polar surface area (TPSA) is 42.0 Å². The number of benzene rings is 1. The minimum absolute atomic E-state index is 0.00510. The number of hydrogen-bond donors (Lipinski definition) is 1. The second-order valence-electron chi connectivity index (χ2n) is 4.18. The number of halogens is 1. The van der Waals surface area contributed by atoms with Crippen molar-refractivity contribution in [3.63, 3.8) is 0 Å². The Kier molecular flexibility index (Phi) is 4.32. The molecule has 0 radical (unpaired) electrons. The van der Waals surface area contributed by atoms with Crippen molar-refractivity contribution >= 4 is 61.4 Å². The average molecular weight is 414 g/mol. The third kappa shape index (κ3) is 3.02. The molecule has 0 saturated carbocycles. The van der Waals surface area contributed by atoms with Crippen LogP contribution in [0.1, 0.15) is 14.7 Å². The Morgan fingerprint density at radius 2 is 2.15 bits per heavy atom. The van der Waals surface area contributed by atoms with Gasteiger partial charge < -0.3 is 5.32 Å². The van der Waals surface area contributed by atoms with Crippen LogP contribution in [-0.2, 0) is 6.42 Å². The maximum atomic E-state index is 12.0. The van der Waals surface area contributed by atoms with E-state index >= 15 is 0 Å². The number of aromatic nitrogens is 1. The standard InChI is InChI=1S/C14H11IN2OS2/c15-9-6-8-19-13(9)14(18)16-7-5-12-17-10-3-1-2-4-11(10)20-12/h1-4,6,8H,5,7H2,(H,16,18). The largest absolute Gasteiger partial charge is 0.351 e. The number of para-hydroxylation sites is 1. The quantitative estimate of drug-likeness (QED) is 0.658. The maximum Gasteiger partial charge on any atom is 0.262 e. The van der Waals surface area contributed by atoms with Gasteiger partial charge in [0.05, 0.1) is 15.2 Å².